The summed E-state index contributed by atoms with van der Waals surface area (Å²) < 4.78 is 15.0. The maximum Gasteiger partial charge on any atom is 0.225 e. The topological polar surface area (TPSA) is 60.8 Å². The predicted octanol–water partition coefficient (Wildman–Crippen LogP) is 0.600. The molecule has 5 nitrogen and oxygen atoms in total. The number of nitrogens with zero attached hydrogens (tertiary/aromatic N) is 1. The number of hydrogen-bond acceptors (Lipinski definition) is 5. The molecule has 0 atom stereocenters. The highest BCUT2D eigenvalue weighted by molar-refractivity contribution is 5.43. The molecule has 14 heavy (non-hydrogen) atoms. The van der Waals surface area contributed by atoms with Gasteiger partial charge in [0.15, 0.2) is 0 Å². The van der Waals surface area contributed by atoms with E-state index in [4.69, 9.17) is 19.3 Å². The highest BCUT2D eigenvalue weighted by Gasteiger charge is 2.13. The molecule has 1 N–H and O–H groups in total. The average Bonchev–Trinajstić information content (AvgIpc) is 2.26. The molecule has 0 aromatic carbocycles. The van der Waals surface area contributed by atoms with Crippen molar-refractivity contribution in [3.63, 3.8) is 0 Å². The molecule has 1 aromatic rings. The summed E-state index contributed by atoms with van der Waals surface area (Å²) in [4.78, 5) is 4.00. The summed E-state index contributed by atoms with van der Waals surface area (Å²) in [7, 11) is 4.48. The van der Waals surface area contributed by atoms with Crippen LogP contribution in [0.15, 0.2) is 6.07 Å². The fourth-order valence-corrected chi connectivity index (χ4v) is 1.11. The summed E-state index contributed by atoms with van der Waals surface area (Å²) in [6.07, 6.45) is 0. The van der Waals surface area contributed by atoms with E-state index in [0.717, 1.165) is 0 Å². The number of aliphatic hydroxyl groups excluding tert-OH is 1. The Morgan fingerprint density at radius 2 is 1.93 bits per heavy atom. The number of pyridine rings is 1. The van der Waals surface area contributed by atoms with Gasteiger partial charge in [-0.3, -0.25) is 0 Å². The summed E-state index contributed by atoms with van der Waals surface area (Å²) in [5, 5.41) is 9.08. The van der Waals surface area contributed by atoms with Crippen molar-refractivity contribution in [3.05, 3.63) is 11.6 Å². The molecule has 0 amide bonds. The van der Waals surface area contributed by atoms with Crippen LogP contribution >= 0.6 is 0 Å². The molecule has 0 saturated heterocycles. The minimum atomic E-state index is -0.191. The standard InChI is InChI=1S/C9H13NO4/c1-12-7-4-8(13-2)10-9(14-3)6(7)5-11/h4,11H,5H2,1-3H3. The second-order valence-corrected chi connectivity index (χ2v) is 2.51. The molecule has 0 aliphatic rings. The fourth-order valence-electron chi connectivity index (χ4n) is 1.11. The van der Waals surface area contributed by atoms with E-state index in [-0.39, 0.29) is 6.61 Å². The molecule has 0 fully saturated rings. The maximum atomic E-state index is 9.08. The third-order valence-electron chi connectivity index (χ3n) is 1.80. The van der Waals surface area contributed by atoms with E-state index >= 15 is 0 Å². The lowest BCUT2D eigenvalue weighted by Gasteiger charge is -2.11. The Hall–Kier alpha value is -1.49. The summed E-state index contributed by atoms with van der Waals surface area (Å²) >= 11 is 0. The zero-order chi connectivity index (χ0) is 10.6. The van der Waals surface area contributed by atoms with Crippen LogP contribution in [-0.2, 0) is 6.61 Å². The van der Waals surface area contributed by atoms with Gasteiger partial charge in [-0.05, 0) is 0 Å². The summed E-state index contributed by atoms with van der Waals surface area (Å²) in [5.74, 6) is 1.19. The monoisotopic (exact) mass is 199 g/mol. The van der Waals surface area contributed by atoms with Crippen LogP contribution in [-0.4, -0.2) is 31.4 Å². The molecule has 0 aliphatic heterocycles. The third kappa shape index (κ3) is 1.88. The Balaban J connectivity index is 3.24. The van der Waals surface area contributed by atoms with Crippen molar-refractivity contribution >= 4 is 0 Å². The van der Waals surface area contributed by atoms with Crippen LogP contribution in [0.3, 0.4) is 0 Å². The average molecular weight is 199 g/mol. The van der Waals surface area contributed by atoms with Crippen molar-refractivity contribution in [2.45, 2.75) is 6.61 Å². The molecule has 0 bridgehead atoms. The van der Waals surface area contributed by atoms with Crippen molar-refractivity contribution in [1.29, 1.82) is 0 Å². The lowest BCUT2D eigenvalue weighted by molar-refractivity contribution is 0.260. The Morgan fingerprint density at radius 1 is 1.21 bits per heavy atom. The van der Waals surface area contributed by atoms with E-state index in [9.17, 15) is 0 Å². The predicted molar refractivity (Wildman–Crippen MR) is 49.8 cm³/mol. The Kier molecular flexibility index (Phi) is 3.53. The maximum absolute atomic E-state index is 9.08. The van der Waals surface area contributed by atoms with Gasteiger partial charge in [0.05, 0.1) is 33.5 Å². The molecule has 0 radical (unpaired) electrons. The van der Waals surface area contributed by atoms with Crippen LogP contribution in [0, 0.1) is 0 Å². The first kappa shape index (κ1) is 10.6. The van der Waals surface area contributed by atoms with E-state index < -0.39 is 0 Å². The van der Waals surface area contributed by atoms with Crippen molar-refractivity contribution in [1.82, 2.24) is 4.98 Å². The number of methoxy groups -OCH3 is 3. The zero-order valence-electron chi connectivity index (χ0n) is 8.40. The molecule has 0 saturated carbocycles. The molecular formula is C9H13NO4. The Morgan fingerprint density at radius 3 is 2.36 bits per heavy atom. The number of hydrogen-bond donors (Lipinski definition) is 1. The van der Waals surface area contributed by atoms with Gasteiger partial charge in [0.25, 0.3) is 0 Å². The summed E-state index contributed by atoms with van der Waals surface area (Å²) in [6, 6.07) is 1.59. The fraction of sp³-hybridized carbons (Fsp3) is 0.444. The van der Waals surface area contributed by atoms with Crippen LogP contribution in [0.5, 0.6) is 17.5 Å². The molecule has 5 heteroatoms. The minimum absolute atomic E-state index is 0.191. The largest absolute Gasteiger partial charge is 0.496 e. The quantitative estimate of drug-likeness (QED) is 0.769. The van der Waals surface area contributed by atoms with Crippen molar-refractivity contribution < 1.29 is 19.3 Å². The molecule has 0 spiro atoms. The Bertz CT molecular complexity index is 289. The lowest BCUT2D eigenvalue weighted by Crippen LogP contribution is -2.01. The van der Waals surface area contributed by atoms with Gasteiger partial charge in [-0.15, -0.1) is 0 Å². The molecule has 1 heterocycles. The van der Waals surface area contributed by atoms with E-state index in [0.29, 0.717) is 23.1 Å². The van der Waals surface area contributed by atoms with Crippen molar-refractivity contribution in [2.75, 3.05) is 21.3 Å². The highest BCUT2D eigenvalue weighted by atomic mass is 16.5. The second-order valence-electron chi connectivity index (χ2n) is 2.51. The number of aromatic nitrogens is 1. The van der Waals surface area contributed by atoms with Crippen molar-refractivity contribution in [3.8, 4) is 17.5 Å². The number of aliphatic hydroxyl groups is 1. The minimum Gasteiger partial charge on any atom is -0.496 e. The van der Waals surface area contributed by atoms with Gasteiger partial charge in [-0.25, -0.2) is 0 Å². The summed E-state index contributed by atoms with van der Waals surface area (Å²) in [5.41, 5.74) is 0.510. The van der Waals surface area contributed by atoms with Gasteiger partial charge in [-0.1, -0.05) is 0 Å². The van der Waals surface area contributed by atoms with Crippen LogP contribution in [0.2, 0.25) is 0 Å². The molecule has 78 valence electrons. The van der Waals surface area contributed by atoms with Gasteiger partial charge >= 0.3 is 0 Å². The Labute approximate surface area is 82.2 Å². The first-order valence-electron chi connectivity index (χ1n) is 4.03. The normalized spacial score (nSPS) is 9.71. The van der Waals surface area contributed by atoms with E-state index in [1.807, 2.05) is 0 Å². The van der Waals surface area contributed by atoms with E-state index in [2.05, 4.69) is 4.98 Å². The SMILES string of the molecule is COc1cc(OC)c(CO)c(OC)n1. The smallest absolute Gasteiger partial charge is 0.225 e. The molecule has 0 aliphatic carbocycles. The molecule has 0 unspecified atom stereocenters. The first-order chi connectivity index (χ1) is 6.76. The van der Waals surface area contributed by atoms with Crippen LogP contribution in [0.25, 0.3) is 0 Å². The van der Waals surface area contributed by atoms with Gasteiger partial charge in [0.2, 0.25) is 11.8 Å². The van der Waals surface area contributed by atoms with E-state index in [1.165, 1.54) is 21.3 Å². The second kappa shape index (κ2) is 4.66. The van der Waals surface area contributed by atoms with Gasteiger partial charge in [-0.2, -0.15) is 4.98 Å². The highest BCUT2D eigenvalue weighted by Crippen LogP contribution is 2.30. The van der Waals surface area contributed by atoms with E-state index in [1.54, 1.807) is 6.07 Å². The third-order valence-corrected chi connectivity index (χ3v) is 1.80. The zero-order valence-corrected chi connectivity index (χ0v) is 8.40. The van der Waals surface area contributed by atoms with Gasteiger partial charge < -0.3 is 19.3 Å². The van der Waals surface area contributed by atoms with Gasteiger partial charge in [0, 0.05) is 6.07 Å². The number of rotatable bonds is 4. The number of ether oxygens (including phenoxy) is 3. The van der Waals surface area contributed by atoms with Crippen LogP contribution < -0.4 is 14.2 Å². The summed E-state index contributed by atoms with van der Waals surface area (Å²) in [6.45, 7) is -0.191. The van der Waals surface area contributed by atoms with Crippen LogP contribution in [0.4, 0.5) is 0 Å². The molecule has 1 aromatic heterocycles. The molecule has 1 rings (SSSR count). The van der Waals surface area contributed by atoms with Crippen LogP contribution in [0.1, 0.15) is 5.56 Å². The lowest BCUT2D eigenvalue weighted by atomic mass is 10.2. The van der Waals surface area contributed by atoms with Gasteiger partial charge in [0.1, 0.15) is 5.75 Å². The molecular weight excluding hydrogens is 186 g/mol. The first-order valence-corrected chi connectivity index (χ1v) is 4.03. The van der Waals surface area contributed by atoms with Crippen molar-refractivity contribution in [2.24, 2.45) is 0 Å².